The molecule has 0 aliphatic carbocycles. The number of nitrogens with zero attached hydrogens (tertiary/aromatic N) is 3. The molecule has 1 heterocycles. The largest absolute Gasteiger partial charge is 0.354 e. The molecule has 1 amide bonds. The van der Waals surface area contributed by atoms with Crippen molar-refractivity contribution in [3.8, 4) is 11.4 Å². The van der Waals surface area contributed by atoms with E-state index in [4.69, 9.17) is 0 Å². The van der Waals surface area contributed by atoms with E-state index in [1.807, 2.05) is 20.8 Å². The summed E-state index contributed by atoms with van der Waals surface area (Å²) in [5.41, 5.74) is -0.105. The molecule has 124 valence electrons. The molecule has 0 unspecified atom stereocenters. The maximum atomic E-state index is 13.0. The van der Waals surface area contributed by atoms with Crippen LogP contribution in [0.5, 0.6) is 0 Å². The lowest BCUT2D eigenvalue weighted by Crippen LogP contribution is -2.38. The maximum Gasteiger partial charge on any atom is 0.345 e. The zero-order valence-electron chi connectivity index (χ0n) is 13.8. The quantitative estimate of drug-likeness (QED) is 0.929. The Morgan fingerprint density at radius 3 is 2.43 bits per heavy atom. The SMILES string of the molecule is Cn1c(-c2ccc(F)cc2)nn(CCNC(=O)C(C)(C)C)c1=O. The highest BCUT2D eigenvalue weighted by atomic mass is 19.1. The number of nitrogens with one attached hydrogen (secondary N) is 1. The van der Waals surface area contributed by atoms with Crippen LogP contribution in [0.4, 0.5) is 4.39 Å². The Hall–Kier alpha value is -2.44. The number of aromatic nitrogens is 3. The molecule has 2 rings (SSSR count). The molecular weight excluding hydrogens is 299 g/mol. The zero-order chi connectivity index (χ0) is 17.2. The normalized spacial score (nSPS) is 11.5. The molecular formula is C16H21FN4O2. The van der Waals surface area contributed by atoms with Crippen LogP contribution in [-0.2, 0) is 18.4 Å². The molecule has 23 heavy (non-hydrogen) atoms. The second-order valence-corrected chi connectivity index (χ2v) is 6.40. The van der Waals surface area contributed by atoms with Crippen molar-refractivity contribution in [2.45, 2.75) is 27.3 Å². The highest BCUT2D eigenvalue weighted by molar-refractivity contribution is 5.81. The number of carbonyl (C=O) groups excluding carboxylic acids is 1. The minimum absolute atomic E-state index is 0.0831. The highest BCUT2D eigenvalue weighted by Crippen LogP contribution is 2.15. The summed E-state index contributed by atoms with van der Waals surface area (Å²) in [6.45, 7) is 6.05. The molecule has 2 aromatic rings. The van der Waals surface area contributed by atoms with Crippen molar-refractivity contribution in [3.05, 3.63) is 40.6 Å². The Balaban J connectivity index is 2.13. The number of hydrogen-bond acceptors (Lipinski definition) is 3. The molecule has 0 fully saturated rings. The van der Waals surface area contributed by atoms with Gasteiger partial charge in [-0.2, -0.15) is 0 Å². The number of rotatable bonds is 4. The van der Waals surface area contributed by atoms with Gasteiger partial charge in [0.25, 0.3) is 0 Å². The average molecular weight is 320 g/mol. The second-order valence-electron chi connectivity index (χ2n) is 6.40. The lowest BCUT2D eigenvalue weighted by atomic mass is 9.96. The van der Waals surface area contributed by atoms with Crippen LogP contribution in [0.25, 0.3) is 11.4 Å². The maximum absolute atomic E-state index is 13.0. The van der Waals surface area contributed by atoms with Crippen molar-refractivity contribution >= 4 is 5.91 Å². The average Bonchev–Trinajstić information content (AvgIpc) is 2.75. The van der Waals surface area contributed by atoms with Gasteiger partial charge >= 0.3 is 5.69 Å². The van der Waals surface area contributed by atoms with Gasteiger partial charge in [-0.25, -0.2) is 13.9 Å². The number of halogens is 1. The first kappa shape index (κ1) is 16.9. The van der Waals surface area contributed by atoms with Crippen molar-refractivity contribution < 1.29 is 9.18 Å². The number of carbonyl (C=O) groups is 1. The minimum Gasteiger partial charge on any atom is -0.354 e. The van der Waals surface area contributed by atoms with Crippen LogP contribution in [0, 0.1) is 11.2 Å². The molecule has 7 heteroatoms. The molecule has 1 aromatic carbocycles. The van der Waals surface area contributed by atoms with E-state index in [-0.39, 0.29) is 24.0 Å². The van der Waals surface area contributed by atoms with Crippen LogP contribution in [0.15, 0.2) is 29.1 Å². The van der Waals surface area contributed by atoms with E-state index < -0.39 is 5.41 Å². The summed E-state index contributed by atoms with van der Waals surface area (Å²) in [4.78, 5) is 24.0. The van der Waals surface area contributed by atoms with Gasteiger partial charge in [-0.15, -0.1) is 5.10 Å². The van der Waals surface area contributed by atoms with E-state index in [1.54, 1.807) is 19.2 Å². The van der Waals surface area contributed by atoms with Crippen LogP contribution in [0.3, 0.4) is 0 Å². The minimum atomic E-state index is -0.478. The van der Waals surface area contributed by atoms with Crippen molar-refractivity contribution in [1.82, 2.24) is 19.7 Å². The van der Waals surface area contributed by atoms with Crippen LogP contribution < -0.4 is 11.0 Å². The predicted molar refractivity (Wildman–Crippen MR) is 85.3 cm³/mol. The zero-order valence-corrected chi connectivity index (χ0v) is 13.8. The van der Waals surface area contributed by atoms with Gasteiger partial charge < -0.3 is 5.32 Å². The molecule has 0 saturated carbocycles. The summed E-state index contributed by atoms with van der Waals surface area (Å²) in [6, 6.07) is 5.79. The topological polar surface area (TPSA) is 68.9 Å². The van der Waals surface area contributed by atoms with Gasteiger partial charge in [0, 0.05) is 24.6 Å². The van der Waals surface area contributed by atoms with Crippen LogP contribution in [0.1, 0.15) is 20.8 Å². The molecule has 1 N–H and O–H groups in total. The van der Waals surface area contributed by atoms with Gasteiger partial charge in [0.1, 0.15) is 5.82 Å². The summed E-state index contributed by atoms with van der Waals surface area (Å²) in [5, 5.41) is 7.04. The molecule has 6 nitrogen and oxygen atoms in total. The Morgan fingerprint density at radius 2 is 1.87 bits per heavy atom. The molecule has 0 atom stereocenters. The standard InChI is InChI=1S/C16H21FN4O2/c1-16(2,3)14(22)18-9-10-21-15(23)20(4)13(19-21)11-5-7-12(17)8-6-11/h5-8H,9-10H2,1-4H3,(H,18,22). The van der Waals surface area contributed by atoms with Gasteiger partial charge in [-0.3, -0.25) is 9.36 Å². The summed E-state index contributed by atoms with van der Waals surface area (Å²) < 4.78 is 15.7. The number of hydrogen-bond donors (Lipinski definition) is 1. The fourth-order valence-corrected chi connectivity index (χ4v) is 2.02. The fourth-order valence-electron chi connectivity index (χ4n) is 2.02. The van der Waals surface area contributed by atoms with Gasteiger partial charge in [-0.05, 0) is 24.3 Å². The van der Waals surface area contributed by atoms with E-state index in [1.165, 1.54) is 21.4 Å². The van der Waals surface area contributed by atoms with Crippen molar-refractivity contribution in [3.63, 3.8) is 0 Å². The molecule has 0 aliphatic heterocycles. The lowest BCUT2D eigenvalue weighted by Gasteiger charge is -2.17. The summed E-state index contributed by atoms with van der Waals surface area (Å²) in [5.74, 6) is 0.0282. The highest BCUT2D eigenvalue weighted by Gasteiger charge is 2.20. The molecule has 0 saturated heterocycles. The van der Waals surface area contributed by atoms with Gasteiger partial charge in [0.2, 0.25) is 5.91 Å². The Morgan fingerprint density at radius 1 is 1.26 bits per heavy atom. The van der Waals surface area contributed by atoms with Gasteiger partial charge in [0.05, 0.1) is 6.54 Å². The van der Waals surface area contributed by atoms with E-state index >= 15 is 0 Å². The molecule has 0 radical (unpaired) electrons. The molecule has 0 spiro atoms. The third-order valence-corrected chi connectivity index (χ3v) is 3.43. The first-order valence-corrected chi connectivity index (χ1v) is 7.38. The predicted octanol–water partition coefficient (Wildman–Crippen LogP) is 1.55. The molecule has 0 aliphatic rings. The Bertz CT molecular complexity index is 754. The van der Waals surface area contributed by atoms with E-state index in [9.17, 15) is 14.0 Å². The Kier molecular flexibility index (Phi) is 4.68. The third-order valence-electron chi connectivity index (χ3n) is 3.43. The second kappa shape index (κ2) is 6.36. The van der Waals surface area contributed by atoms with Crippen LogP contribution >= 0.6 is 0 Å². The summed E-state index contributed by atoms with van der Waals surface area (Å²) in [7, 11) is 1.61. The van der Waals surface area contributed by atoms with Crippen LogP contribution in [0.2, 0.25) is 0 Å². The van der Waals surface area contributed by atoms with E-state index in [0.29, 0.717) is 17.9 Å². The monoisotopic (exact) mass is 320 g/mol. The summed E-state index contributed by atoms with van der Waals surface area (Å²) in [6.07, 6.45) is 0. The van der Waals surface area contributed by atoms with E-state index in [2.05, 4.69) is 10.4 Å². The lowest BCUT2D eigenvalue weighted by molar-refractivity contribution is -0.128. The van der Waals surface area contributed by atoms with Crippen molar-refractivity contribution in [1.29, 1.82) is 0 Å². The van der Waals surface area contributed by atoms with E-state index in [0.717, 1.165) is 0 Å². The third kappa shape index (κ3) is 3.85. The fraction of sp³-hybridized carbons (Fsp3) is 0.438. The number of amides is 1. The number of benzene rings is 1. The smallest absolute Gasteiger partial charge is 0.345 e. The first-order valence-electron chi connectivity index (χ1n) is 7.38. The van der Waals surface area contributed by atoms with Gasteiger partial charge in [-0.1, -0.05) is 20.8 Å². The Labute approximate surface area is 133 Å². The van der Waals surface area contributed by atoms with Crippen LogP contribution in [-0.4, -0.2) is 26.8 Å². The first-order chi connectivity index (χ1) is 10.7. The van der Waals surface area contributed by atoms with Crippen molar-refractivity contribution in [2.24, 2.45) is 12.5 Å². The van der Waals surface area contributed by atoms with Gasteiger partial charge in [0.15, 0.2) is 5.82 Å². The molecule has 0 bridgehead atoms. The molecule has 1 aromatic heterocycles. The summed E-state index contributed by atoms with van der Waals surface area (Å²) >= 11 is 0. The van der Waals surface area contributed by atoms with Crippen molar-refractivity contribution in [2.75, 3.05) is 6.54 Å².